The van der Waals surface area contributed by atoms with Gasteiger partial charge in [0.15, 0.2) is 12.4 Å². The summed E-state index contributed by atoms with van der Waals surface area (Å²) in [5, 5.41) is 14.6. The Labute approximate surface area is 211 Å². The van der Waals surface area contributed by atoms with Gasteiger partial charge in [0.05, 0.1) is 26.3 Å². The highest BCUT2D eigenvalue weighted by Gasteiger charge is 2.17. The number of rotatable bonds is 8. The number of hydrazone groups is 1. The normalized spacial score (nSPS) is 10.8. The minimum atomic E-state index is -0.705. The molecule has 3 aromatic rings. The van der Waals surface area contributed by atoms with Crippen molar-refractivity contribution >= 4 is 71.6 Å². The quantitative estimate of drug-likeness (QED) is 0.117. The highest BCUT2D eigenvalue weighted by molar-refractivity contribution is 9.11. The van der Waals surface area contributed by atoms with E-state index in [-0.39, 0.29) is 22.9 Å². The van der Waals surface area contributed by atoms with Gasteiger partial charge in [-0.2, -0.15) is 5.10 Å². The lowest BCUT2D eigenvalue weighted by atomic mass is 10.2. The second-order valence-electron chi connectivity index (χ2n) is 6.13. The van der Waals surface area contributed by atoms with Gasteiger partial charge in [0.2, 0.25) is 5.76 Å². The molecule has 0 saturated carbocycles. The number of hydrogen-bond acceptors (Lipinski definition) is 8. The summed E-state index contributed by atoms with van der Waals surface area (Å²) in [7, 11) is 0. The molecule has 0 radical (unpaired) electrons. The van der Waals surface area contributed by atoms with Gasteiger partial charge in [-0.05, 0) is 62.2 Å². The van der Waals surface area contributed by atoms with Crippen molar-refractivity contribution in [3.8, 4) is 11.5 Å². The minimum absolute atomic E-state index is 0.0237. The summed E-state index contributed by atoms with van der Waals surface area (Å²) in [6, 6.07) is 10.2. The largest absolute Gasteiger partial charge is 0.483 e. The van der Waals surface area contributed by atoms with Crippen LogP contribution in [0.3, 0.4) is 0 Å². The topological polar surface area (TPSA) is 133 Å². The first-order valence-corrected chi connectivity index (χ1v) is 11.3. The number of halogens is 3. The Kier molecular flexibility index (Phi) is 8.36. The summed E-state index contributed by atoms with van der Waals surface area (Å²) < 4.78 is 17.2. The molecule has 1 heterocycles. The molecular formula is C20H12Br3N3O7. The molecule has 33 heavy (non-hydrogen) atoms. The molecule has 0 aliphatic rings. The highest BCUT2D eigenvalue weighted by Crippen LogP contribution is 2.33. The SMILES string of the molecule is O=C(COc1ccc([N+](=O)[O-])cc1Br)NN=Cc1cc(Br)cc(Br)c1OC(=O)c1ccco1. The van der Waals surface area contributed by atoms with Crippen LogP contribution >= 0.6 is 47.8 Å². The zero-order chi connectivity index (χ0) is 24.0. The summed E-state index contributed by atoms with van der Waals surface area (Å²) in [6.07, 6.45) is 2.64. The highest BCUT2D eigenvalue weighted by atomic mass is 79.9. The van der Waals surface area contributed by atoms with Crippen LogP contribution < -0.4 is 14.9 Å². The Morgan fingerprint density at radius 1 is 1.15 bits per heavy atom. The number of hydrogen-bond donors (Lipinski definition) is 1. The molecule has 10 nitrogen and oxygen atoms in total. The van der Waals surface area contributed by atoms with Gasteiger partial charge in [0, 0.05) is 22.2 Å². The van der Waals surface area contributed by atoms with E-state index in [4.69, 9.17) is 13.9 Å². The first kappa shape index (κ1) is 24.6. The molecule has 0 saturated heterocycles. The van der Waals surface area contributed by atoms with Crippen molar-refractivity contribution in [3.05, 3.63) is 83.6 Å². The molecule has 0 bridgehead atoms. The third-order valence-electron chi connectivity index (χ3n) is 3.83. The lowest BCUT2D eigenvalue weighted by molar-refractivity contribution is -0.384. The number of furan rings is 1. The second-order valence-corrected chi connectivity index (χ2v) is 8.75. The van der Waals surface area contributed by atoms with Gasteiger partial charge in [-0.25, -0.2) is 10.2 Å². The fourth-order valence-electron chi connectivity index (χ4n) is 2.39. The van der Waals surface area contributed by atoms with Crippen molar-refractivity contribution in [1.29, 1.82) is 0 Å². The summed E-state index contributed by atoms with van der Waals surface area (Å²) >= 11 is 9.82. The average molecular weight is 646 g/mol. The van der Waals surface area contributed by atoms with Gasteiger partial charge in [0.1, 0.15) is 5.75 Å². The number of carbonyl (C=O) groups is 2. The molecule has 3 rings (SSSR count). The number of nitro benzene ring substituents is 1. The lowest BCUT2D eigenvalue weighted by Gasteiger charge is -2.10. The zero-order valence-corrected chi connectivity index (χ0v) is 21.0. The van der Waals surface area contributed by atoms with Crippen molar-refractivity contribution in [2.45, 2.75) is 0 Å². The first-order chi connectivity index (χ1) is 15.7. The van der Waals surface area contributed by atoms with Crippen molar-refractivity contribution in [3.63, 3.8) is 0 Å². The minimum Gasteiger partial charge on any atom is -0.483 e. The van der Waals surface area contributed by atoms with E-state index in [9.17, 15) is 19.7 Å². The van der Waals surface area contributed by atoms with Crippen LogP contribution in [0.2, 0.25) is 0 Å². The van der Waals surface area contributed by atoms with E-state index < -0.39 is 23.4 Å². The summed E-state index contributed by atoms with van der Waals surface area (Å²) in [4.78, 5) is 34.5. The van der Waals surface area contributed by atoms with Crippen LogP contribution in [0.25, 0.3) is 0 Å². The maximum Gasteiger partial charge on any atom is 0.379 e. The zero-order valence-electron chi connectivity index (χ0n) is 16.3. The number of benzene rings is 2. The number of ether oxygens (including phenoxy) is 2. The van der Waals surface area contributed by atoms with E-state index in [1.165, 1.54) is 36.7 Å². The van der Waals surface area contributed by atoms with Crippen molar-refractivity contribution in [2.24, 2.45) is 5.10 Å². The summed E-state index contributed by atoms with van der Waals surface area (Å²) in [6.45, 7) is -0.393. The fraction of sp³-hybridized carbons (Fsp3) is 0.0500. The van der Waals surface area contributed by atoms with Crippen molar-refractivity contribution in [1.82, 2.24) is 5.43 Å². The fourth-order valence-corrected chi connectivity index (χ4v) is 4.21. The van der Waals surface area contributed by atoms with Crippen molar-refractivity contribution < 1.29 is 28.4 Å². The van der Waals surface area contributed by atoms with Crippen LogP contribution in [0.15, 0.2) is 71.7 Å². The molecule has 0 spiro atoms. The molecule has 0 aliphatic heterocycles. The molecule has 1 amide bonds. The van der Waals surface area contributed by atoms with Gasteiger partial charge >= 0.3 is 5.97 Å². The predicted molar refractivity (Wildman–Crippen MR) is 128 cm³/mol. The smallest absolute Gasteiger partial charge is 0.379 e. The van der Waals surface area contributed by atoms with Gasteiger partial charge in [0.25, 0.3) is 11.6 Å². The molecule has 0 fully saturated rings. The number of nitro groups is 1. The molecule has 1 aromatic heterocycles. The summed E-state index contributed by atoms with van der Waals surface area (Å²) in [5.41, 5.74) is 2.56. The Morgan fingerprint density at radius 2 is 1.94 bits per heavy atom. The van der Waals surface area contributed by atoms with Crippen LogP contribution in [0.1, 0.15) is 16.1 Å². The molecule has 13 heteroatoms. The predicted octanol–water partition coefficient (Wildman–Crippen LogP) is 5.22. The lowest BCUT2D eigenvalue weighted by Crippen LogP contribution is -2.24. The van der Waals surface area contributed by atoms with E-state index >= 15 is 0 Å². The van der Waals surface area contributed by atoms with E-state index in [2.05, 4.69) is 58.3 Å². The maximum absolute atomic E-state index is 12.2. The molecule has 0 atom stereocenters. The number of amides is 1. The van der Waals surface area contributed by atoms with Crippen LogP contribution in [0.4, 0.5) is 5.69 Å². The Hall–Kier alpha value is -3.03. The van der Waals surface area contributed by atoms with Gasteiger partial charge in [-0.15, -0.1) is 0 Å². The van der Waals surface area contributed by atoms with Gasteiger partial charge in [-0.3, -0.25) is 14.9 Å². The second kappa shape index (κ2) is 11.2. The molecule has 1 N–H and O–H groups in total. The third kappa shape index (κ3) is 6.73. The van der Waals surface area contributed by atoms with Crippen LogP contribution in [-0.2, 0) is 4.79 Å². The van der Waals surface area contributed by atoms with E-state index in [1.807, 2.05) is 0 Å². The molecule has 0 aliphatic carbocycles. The standard InChI is InChI=1S/C20H12Br3N3O7/c21-12-6-11(19(15(23)7-12)33-20(28)17-2-1-5-31-17)9-24-25-18(27)10-32-16-4-3-13(26(29)30)8-14(16)22/h1-9H,10H2,(H,25,27). The molecule has 170 valence electrons. The number of esters is 1. The van der Waals surface area contributed by atoms with E-state index in [0.29, 0.717) is 19.0 Å². The maximum atomic E-state index is 12.2. The number of non-ortho nitro benzene ring substituents is 1. The van der Waals surface area contributed by atoms with Gasteiger partial charge in [-0.1, -0.05) is 15.9 Å². The number of carbonyl (C=O) groups excluding carboxylic acids is 2. The Bertz CT molecular complexity index is 1230. The van der Waals surface area contributed by atoms with Gasteiger partial charge < -0.3 is 13.9 Å². The molecule has 2 aromatic carbocycles. The van der Waals surface area contributed by atoms with E-state index in [1.54, 1.807) is 18.2 Å². The monoisotopic (exact) mass is 643 g/mol. The molecular weight excluding hydrogens is 634 g/mol. The van der Waals surface area contributed by atoms with Crippen LogP contribution in [0, 0.1) is 10.1 Å². The summed E-state index contributed by atoms with van der Waals surface area (Å²) in [5.74, 6) is -0.842. The number of nitrogens with zero attached hydrogens (tertiary/aromatic N) is 2. The Balaban J connectivity index is 1.64. The Morgan fingerprint density at radius 3 is 2.61 bits per heavy atom. The van der Waals surface area contributed by atoms with Crippen LogP contribution in [0.5, 0.6) is 11.5 Å². The average Bonchev–Trinajstić information content (AvgIpc) is 3.30. The first-order valence-electron chi connectivity index (χ1n) is 8.88. The molecule has 0 unspecified atom stereocenters. The van der Waals surface area contributed by atoms with E-state index in [0.717, 1.165) is 0 Å². The third-order valence-corrected chi connectivity index (χ3v) is 5.50. The number of nitrogens with one attached hydrogen (secondary N) is 1. The van der Waals surface area contributed by atoms with Crippen LogP contribution in [-0.4, -0.2) is 29.6 Å². The van der Waals surface area contributed by atoms with Crippen molar-refractivity contribution in [2.75, 3.05) is 6.61 Å².